The number of benzene rings is 1. The molecule has 0 aliphatic carbocycles. The fraction of sp³-hybridized carbons (Fsp3) is 0.651. The minimum Gasteiger partial charge on any atom is -0.481 e. The van der Waals surface area contributed by atoms with Gasteiger partial charge in [-0.3, -0.25) is 33.6 Å². The lowest BCUT2D eigenvalue weighted by molar-refractivity contribution is -0.138. The Balaban J connectivity index is 2.34. The number of carbonyl (C=O) groups excluding carboxylic acids is 6. The van der Waals surface area contributed by atoms with Crippen molar-refractivity contribution in [1.82, 2.24) is 31.9 Å². The van der Waals surface area contributed by atoms with Crippen LogP contribution in [0.15, 0.2) is 42.5 Å². The summed E-state index contributed by atoms with van der Waals surface area (Å²) in [7, 11) is 0. The number of carboxylic acids is 1. The minimum atomic E-state index is -1.03. The predicted molar refractivity (Wildman–Crippen MR) is 223 cm³/mol. The van der Waals surface area contributed by atoms with Gasteiger partial charge in [0.05, 0.1) is 44.9 Å². The van der Waals surface area contributed by atoms with Gasteiger partial charge in [0.2, 0.25) is 35.4 Å². The molecule has 1 aromatic carbocycles. The van der Waals surface area contributed by atoms with E-state index in [-0.39, 0.29) is 100 Å². The van der Waals surface area contributed by atoms with E-state index in [4.69, 9.17) is 9.47 Å². The van der Waals surface area contributed by atoms with Crippen molar-refractivity contribution in [3.05, 3.63) is 48.0 Å². The van der Waals surface area contributed by atoms with Crippen LogP contribution >= 0.6 is 0 Å². The number of carboxylic acid groups (broad SMARTS) is 1. The van der Waals surface area contributed by atoms with E-state index in [1.54, 1.807) is 12.2 Å². The fourth-order valence-corrected chi connectivity index (χ4v) is 6.69. The average Bonchev–Trinajstić information content (AvgIpc) is 3.11. The first kappa shape index (κ1) is 50.3. The van der Waals surface area contributed by atoms with Crippen LogP contribution in [0.5, 0.6) is 0 Å². The second kappa shape index (κ2) is 27.0. The molecule has 16 nitrogen and oxygen atoms in total. The van der Waals surface area contributed by atoms with Crippen LogP contribution in [-0.4, -0.2) is 109 Å². The highest BCUT2D eigenvalue weighted by Gasteiger charge is 2.27. The lowest BCUT2D eigenvalue weighted by Crippen LogP contribution is -2.49. The highest BCUT2D eigenvalue weighted by atomic mass is 16.5. The molecule has 2 rings (SSSR count). The molecule has 0 fully saturated rings. The van der Waals surface area contributed by atoms with Crippen molar-refractivity contribution in [2.24, 2.45) is 17.8 Å². The Morgan fingerprint density at radius 2 is 1.37 bits per heavy atom. The van der Waals surface area contributed by atoms with Crippen LogP contribution < -0.4 is 31.9 Å². The first-order valence-corrected chi connectivity index (χ1v) is 20.7. The molecule has 0 bridgehead atoms. The maximum Gasteiger partial charge on any atom is 0.305 e. The largest absolute Gasteiger partial charge is 0.481 e. The Kier molecular flexibility index (Phi) is 23.1. The van der Waals surface area contributed by atoms with Gasteiger partial charge in [0.1, 0.15) is 0 Å². The van der Waals surface area contributed by atoms with Crippen molar-refractivity contribution >= 4 is 41.4 Å². The Morgan fingerprint density at radius 3 is 1.97 bits per heavy atom. The highest BCUT2D eigenvalue weighted by molar-refractivity contribution is 5.84. The van der Waals surface area contributed by atoms with Crippen molar-refractivity contribution in [2.75, 3.05) is 26.4 Å². The second-order valence-corrected chi connectivity index (χ2v) is 16.5. The number of amides is 6. The van der Waals surface area contributed by atoms with E-state index >= 15 is 0 Å². The molecule has 6 atom stereocenters. The van der Waals surface area contributed by atoms with Crippen molar-refractivity contribution in [3.63, 3.8) is 0 Å². The number of hydrogen-bond donors (Lipinski definition) is 7. The molecule has 0 saturated carbocycles. The molecule has 1 aliphatic rings. The van der Waals surface area contributed by atoms with Crippen molar-refractivity contribution in [3.8, 4) is 0 Å². The summed E-state index contributed by atoms with van der Waals surface area (Å²) in [5.41, 5.74) is 0.893. The van der Waals surface area contributed by atoms with E-state index in [0.717, 1.165) is 5.56 Å². The zero-order valence-electron chi connectivity index (χ0n) is 35.8. The van der Waals surface area contributed by atoms with Crippen LogP contribution in [0.25, 0.3) is 0 Å². The van der Waals surface area contributed by atoms with Gasteiger partial charge in [0, 0.05) is 63.2 Å². The number of aliphatic carboxylic acids is 1. The van der Waals surface area contributed by atoms with E-state index in [0.29, 0.717) is 12.8 Å². The third kappa shape index (κ3) is 22.8. The molecule has 1 aliphatic heterocycles. The Bertz CT molecular complexity index is 1540. The van der Waals surface area contributed by atoms with Gasteiger partial charge in [-0.2, -0.15) is 0 Å². The van der Waals surface area contributed by atoms with Crippen LogP contribution in [0.3, 0.4) is 0 Å². The van der Waals surface area contributed by atoms with E-state index in [2.05, 4.69) is 31.9 Å². The number of rotatable bonds is 15. The predicted octanol–water partition coefficient (Wildman–Crippen LogP) is 2.54. The summed E-state index contributed by atoms with van der Waals surface area (Å²) in [6, 6.07) is 5.68. The van der Waals surface area contributed by atoms with Gasteiger partial charge in [-0.25, -0.2) is 0 Å². The van der Waals surface area contributed by atoms with Crippen molar-refractivity contribution in [1.29, 1.82) is 0 Å². The van der Waals surface area contributed by atoms with Crippen LogP contribution in [0, 0.1) is 17.8 Å². The quantitative estimate of drug-likeness (QED) is 0.128. The van der Waals surface area contributed by atoms with Gasteiger partial charge < -0.3 is 46.5 Å². The number of hydrogen-bond acceptors (Lipinski definition) is 9. The first-order valence-electron chi connectivity index (χ1n) is 20.7. The fourth-order valence-electron chi connectivity index (χ4n) is 6.69. The van der Waals surface area contributed by atoms with E-state index in [1.165, 1.54) is 6.92 Å². The SMILES string of the molecule is CC(=O)N[C@H](CC(=O)N[C@H]1COC/C=C/COC[C@@H](CC(=O)N[C@@H](CC(=O)O)CC(C)C)NC(=O)C[C@H](C(C)C)NC(=O)C[C@H](Cc2ccccc2)NC(=O)C1)C(C)C. The monoisotopic (exact) mass is 828 g/mol. The second-order valence-electron chi connectivity index (χ2n) is 16.5. The van der Waals surface area contributed by atoms with Crippen molar-refractivity contribution < 1.29 is 48.1 Å². The molecule has 0 spiro atoms. The maximum absolute atomic E-state index is 13.6. The molecule has 7 N–H and O–H groups in total. The smallest absolute Gasteiger partial charge is 0.305 e. The first-order chi connectivity index (χ1) is 27.9. The molecule has 59 heavy (non-hydrogen) atoms. The summed E-state index contributed by atoms with van der Waals surface area (Å²) in [5.74, 6) is -3.32. The van der Waals surface area contributed by atoms with E-state index in [9.17, 15) is 38.7 Å². The van der Waals surface area contributed by atoms with Gasteiger partial charge in [0.25, 0.3) is 0 Å². The average molecular weight is 829 g/mol. The molecule has 16 heteroatoms. The summed E-state index contributed by atoms with van der Waals surface area (Å²) in [5, 5.41) is 26.7. The topological polar surface area (TPSA) is 230 Å². The Morgan fingerprint density at radius 1 is 0.763 bits per heavy atom. The number of ether oxygens (including phenoxy) is 2. The Labute approximate surface area is 349 Å². The molecule has 1 aromatic rings. The molecule has 330 valence electrons. The zero-order valence-corrected chi connectivity index (χ0v) is 35.8. The highest BCUT2D eigenvalue weighted by Crippen LogP contribution is 2.13. The summed E-state index contributed by atoms with van der Waals surface area (Å²) < 4.78 is 11.7. The van der Waals surface area contributed by atoms with Crippen LogP contribution in [0.1, 0.15) is 99.0 Å². The lowest BCUT2D eigenvalue weighted by atomic mass is 9.98. The van der Waals surface area contributed by atoms with Gasteiger partial charge in [-0.15, -0.1) is 0 Å². The van der Waals surface area contributed by atoms with Crippen molar-refractivity contribution in [2.45, 2.75) is 136 Å². The van der Waals surface area contributed by atoms with Gasteiger partial charge in [-0.1, -0.05) is 84.0 Å². The van der Waals surface area contributed by atoms with Gasteiger partial charge in [0.15, 0.2) is 0 Å². The molecule has 6 amide bonds. The number of carbonyl (C=O) groups is 7. The molecule has 0 unspecified atom stereocenters. The molecular weight excluding hydrogens is 761 g/mol. The standard InChI is InChI=1S/C43H68N6O10/c1-27(2)17-32(22-43(56)57)45-38(51)20-34-25-58-15-11-12-16-59-26-35(47-41(54)23-36(28(3)4)44-30(7)50)21-39(52)46-33(18-31-13-9-8-10-14-31)19-40(53)49-37(29(5)6)24-42(55)48-34/h8-14,27-29,32-37H,15-26H2,1-7H3,(H,44,50)(H,45,51)(H,46,52)(H,47,54)(H,48,55)(H,49,53)(H,56,57)/b12-11+/t32-,33+,34-,35-,36-,37-/m1/s1. The van der Waals surface area contributed by atoms with Gasteiger partial charge >= 0.3 is 5.97 Å². The summed E-state index contributed by atoms with van der Waals surface area (Å²) in [4.78, 5) is 90.3. The molecular formula is C43H68N6O10. The summed E-state index contributed by atoms with van der Waals surface area (Å²) in [6.07, 6.45) is 3.48. The molecule has 0 radical (unpaired) electrons. The van der Waals surface area contributed by atoms with Crippen LogP contribution in [0.2, 0.25) is 0 Å². The third-order valence-corrected chi connectivity index (χ3v) is 9.65. The molecule has 0 aromatic heterocycles. The summed E-state index contributed by atoms with van der Waals surface area (Å²) in [6.45, 7) is 13.0. The number of nitrogens with one attached hydrogen (secondary N) is 6. The molecule has 1 heterocycles. The molecule has 0 saturated heterocycles. The Hall–Kier alpha value is -4.83. The van der Waals surface area contributed by atoms with Gasteiger partial charge in [-0.05, 0) is 36.2 Å². The minimum absolute atomic E-state index is 0.00129. The normalized spacial score (nSPS) is 22.2. The lowest BCUT2D eigenvalue weighted by Gasteiger charge is -2.26. The summed E-state index contributed by atoms with van der Waals surface area (Å²) >= 11 is 0. The van der Waals surface area contributed by atoms with E-state index < -0.39 is 59.9 Å². The van der Waals surface area contributed by atoms with E-state index in [1.807, 2.05) is 71.9 Å². The third-order valence-electron chi connectivity index (χ3n) is 9.65. The van der Waals surface area contributed by atoms with Crippen LogP contribution in [-0.2, 0) is 49.5 Å². The van der Waals surface area contributed by atoms with Crippen LogP contribution in [0.4, 0.5) is 0 Å². The zero-order chi connectivity index (χ0) is 43.9. The maximum atomic E-state index is 13.6.